The van der Waals surface area contributed by atoms with Crippen LogP contribution < -0.4 is 0 Å². The van der Waals surface area contributed by atoms with Gasteiger partial charge in [0.25, 0.3) is 0 Å². The maximum absolute atomic E-state index is 13.0. The number of carbonyl (C=O) groups is 2. The van der Waals surface area contributed by atoms with Crippen LogP contribution in [0.3, 0.4) is 0 Å². The highest BCUT2D eigenvalue weighted by atomic mass is 16.2. The Balaban J connectivity index is 1.45. The number of carbonyl (C=O) groups excluding carboxylic acids is 2. The first-order valence-electron chi connectivity index (χ1n) is 11.5. The smallest absolute Gasteiger partial charge is 0.312 e. The molecule has 2 atom stereocenters. The minimum atomic E-state index is -0.337. The van der Waals surface area contributed by atoms with Gasteiger partial charge in [-0.2, -0.15) is 0 Å². The van der Waals surface area contributed by atoms with Crippen molar-refractivity contribution in [2.45, 2.75) is 51.2 Å². The summed E-state index contributed by atoms with van der Waals surface area (Å²) in [5.74, 6) is -0.660. The molecule has 4 rings (SSSR count). The van der Waals surface area contributed by atoms with Gasteiger partial charge < -0.3 is 9.80 Å². The first-order valence-corrected chi connectivity index (χ1v) is 11.5. The molecular weight excluding hydrogens is 386 g/mol. The lowest BCUT2D eigenvalue weighted by molar-refractivity contribution is -0.156. The van der Waals surface area contributed by atoms with Gasteiger partial charge in [-0.3, -0.25) is 14.5 Å². The molecule has 2 unspecified atom stereocenters. The lowest BCUT2D eigenvalue weighted by atomic mass is 9.96. The van der Waals surface area contributed by atoms with E-state index in [1.54, 1.807) is 4.90 Å². The molecule has 2 aliphatic heterocycles. The van der Waals surface area contributed by atoms with E-state index in [9.17, 15) is 9.59 Å². The fourth-order valence-corrected chi connectivity index (χ4v) is 5.14. The van der Waals surface area contributed by atoms with Crippen molar-refractivity contribution < 1.29 is 9.59 Å². The van der Waals surface area contributed by atoms with Crippen molar-refractivity contribution in [2.24, 2.45) is 0 Å². The zero-order valence-electron chi connectivity index (χ0n) is 18.6. The molecule has 0 bridgehead atoms. The lowest BCUT2D eigenvalue weighted by Gasteiger charge is -2.42. The third kappa shape index (κ3) is 4.67. The van der Waals surface area contributed by atoms with Crippen LogP contribution in [-0.4, -0.2) is 64.8 Å². The number of likely N-dealkylation sites (tertiary alicyclic amines) is 1. The largest absolute Gasteiger partial charge is 0.332 e. The zero-order chi connectivity index (χ0) is 21.8. The third-order valence-electron chi connectivity index (χ3n) is 6.81. The lowest BCUT2D eigenvalue weighted by Crippen LogP contribution is -2.57. The molecular formula is C26H33N3O2. The van der Waals surface area contributed by atoms with E-state index in [4.69, 9.17) is 0 Å². The minimum absolute atomic E-state index is 0.141. The molecule has 0 aromatic heterocycles. The monoisotopic (exact) mass is 419 g/mol. The number of piperidine rings is 1. The third-order valence-corrected chi connectivity index (χ3v) is 6.81. The number of rotatable bonds is 3. The van der Waals surface area contributed by atoms with Crippen molar-refractivity contribution in [2.75, 3.05) is 26.2 Å². The van der Waals surface area contributed by atoms with Gasteiger partial charge in [0.2, 0.25) is 0 Å². The average Bonchev–Trinajstić information content (AvgIpc) is 2.80. The molecule has 2 aliphatic rings. The number of hydrogen-bond acceptors (Lipinski definition) is 3. The van der Waals surface area contributed by atoms with Crippen LogP contribution in [0.4, 0.5) is 0 Å². The van der Waals surface area contributed by atoms with Gasteiger partial charge in [-0.1, -0.05) is 60.7 Å². The van der Waals surface area contributed by atoms with Crippen molar-refractivity contribution in [3.05, 3.63) is 71.8 Å². The quantitative estimate of drug-likeness (QED) is 0.713. The van der Waals surface area contributed by atoms with Crippen molar-refractivity contribution in [1.29, 1.82) is 0 Å². The molecule has 2 saturated heterocycles. The number of benzene rings is 2. The molecule has 0 saturated carbocycles. The highest BCUT2D eigenvalue weighted by Crippen LogP contribution is 2.30. The highest BCUT2D eigenvalue weighted by molar-refractivity contribution is 6.35. The summed E-state index contributed by atoms with van der Waals surface area (Å²) in [4.78, 5) is 32.0. The van der Waals surface area contributed by atoms with Gasteiger partial charge in [0.05, 0.1) is 6.04 Å². The standard InChI is InChI=1S/C26H33N3O2/c1-20-10-9-11-21(2)29(20)26(31)25(30)28-18-16-27(17-19-28)24(22-12-5-3-6-13-22)23-14-7-4-8-15-23/h3-8,12-15,20-21,24H,9-11,16-19H2,1-2H3. The summed E-state index contributed by atoms with van der Waals surface area (Å²) >= 11 is 0. The maximum atomic E-state index is 13.0. The van der Waals surface area contributed by atoms with Crippen molar-refractivity contribution in [3.63, 3.8) is 0 Å². The van der Waals surface area contributed by atoms with Gasteiger partial charge in [0, 0.05) is 38.3 Å². The fourth-order valence-electron chi connectivity index (χ4n) is 5.14. The minimum Gasteiger partial charge on any atom is -0.332 e. The van der Waals surface area contributed by atoms with E-state index < -0.39 is 0 Å². The summed E-state index contributed by atoms with van der Waals surface area (Å²) in [7, 11) is 0. The number of hydrogen-bond donors (Lipinski definition) is 0. The first-order chi connectivity index (χ1) is 15.1. The van der Waals surface area contributed by atoms with Gasteiger partial charge in [-0.05, 0) is 44.2 Å². The predicted octanol–water partition coefficient (Wildman–Crippen LogP) is 3.71. The summed E-state index contributed by atoms with van der Waals surface area (Å²) in [6.07, 6.45) is 3.08. The SMILES string of the molecule is CC1CCCC(C)N1C(=O)C(=O)N1CCN(C(c2ccccc2)c2ccccc2)CC1. The van der Waals surface area contributed by atoms with Crippen molar-refractivity contribution in [1.82, 2.24) is 14.7 Å². The van der Waals surface area contributed by atoms with Crippen LogP contribution in [0, 0.1) is 0 Å². The summed E-state index contributed by atoms with van der Waals surface area (Å²) in [6, 6.07) is 21.5. The van der Waals surface area contributed by atoms with E-state index >= 15 is 0 Å². The van der Waals surface area contributed by atoms with Crippen LogP contribution in [-0.2, 0) is 9.59 Å². The molecule has 2 heterocycles. The zero-order valence-corrected chi connectivity index (χ0v) is 18.6. The molecule has 0 radical (unpaired) electrons. The molecule has 0 N–H and O–H groups in total. The highest BCUT2D eigenvalue weighted by Gasteiger charge is 2.36. The summed E-state index contributed by atoms with van der Waals surface area (Å²) in [6.45, 7) is 6.78. The molecule has 0 spiro atoms. The molecule has 0 aliphatic carbocycles. The number of nitrogens with zero attached hydrogens (tertiary/aromatic N) is 3. The van der Waals surface area contributed by atoms with Gasteiger partial charge in [-0.15, -0.1) is 0 Å². The molecule has 5 nitrogen and oxygen atoms in total. The normalized spacial score (nSPS) is 22.5. The Morgan fingerprint density at radius 2 is 1.23 bits per heavy atom. The van der Waals surface area contributed by atoms with E-state index in [0.717, 1.165) is 32.4 Å². The van der Waals surface area contributed by atoms with E-state index in [0.29, 0.717) is 13.1 Å². The Hall–Kier alpha value is -2.66. The summed E-state index contributed by atoms with van der Waals surface area (Å²) < 4.78 is 0. The Labute approximate surface area is 185 Å². The van der Waals surface area contributed by atoms with Crippen molar-refractivity contribution in [3.8, 4) is 0 Å². The van der Waals surface area contributed by atoms with Crippen LogP contribution >= 0.6 is 0 Å². The molecule has 164 valence electrons. The predicted molar refractivity (Wildman–Crippen MR) is 123 cm³/mol. The van der Waals surface area contributed by atoms with Gasteiger partial charge in [0.1, 0.15) is 0 Å². The van der Waals surface area contributed by atoms with Gasteiger partial charge in [0.15, 0.2) is 0 Å². The van der Waals surface area contributed by atoms with E-state index in [1.807, 2.05) is 17.0 Å². The van der Waals surface area contributed by atoms with Crippen LogP contribution in [0.1, 0.15) is 50.3 Å². The Morgan fingerprint density at radius 1 is 0.742 bits per heavy atom. The molecule has 2 aromatic carbocycles. The number of amides is 2. The van der Waals surface area contributed by atoms with Gasteiger partial charge in [-0.25, -0.2) is 0 Å². The Bertz CT molecular complexity index is 829. The van der Waals surface area contributed by atoms with E-state index in [-0.39, 0.29) is 29.9 Å². The molecule has 5 heteroatoms. The molecule has 2 amide bonds. The number of piperazine rings is 1. The maximum Gasteiger partial charge on any atom is 0.312 e. The second kappa shape index (κ2) is 9.65. The molecule has 2 fully saturated rings. The Kier molecular flexibility index (Phi) is 6.71. The van der Waals surface area contributed by atoms with Crippen molar-refractivity contribution >= 4 is 11.8 Å². The van der Waals surface area contributed by atoms with Crippen LogP contribution in [0.5, 0.6) is 0 Å². The van der Waals surface area contributed by atoms with E-state index in [1.165, 1.54) is 11.1 Å². The van der Waals surface area contributed by atoms with Crippen LogP contribution in [0.2, 0.25) is 0 Å². The Morgan fingerprint density at radius 3 is 1.71 bits per heavy atom. The molecule has 2 aromatic rings. The first kappa shape index (κ1) is 21.6. The summed E-state index contributed by atoms with van der Waals surface area (Å²) in [5, 5.41) is 0. The topological polar surface area (TPSA) is 43.9 Å². The second-order valence-electron chi connectivity index (χ2n) is 8.89. The van der Waals surface area contributed by atoms with Gasteiger partial charge >= 0.3 is 11.8 Å². The van der Waals surface area contributed by atoms with Crippen LogP contribution in [0.15, 0.2) is 60.7 Å². The fraction of sp³-hybridized carbons (Fsp3) is 0.462. The van der Waals surface area contributed by atoms with Crippen LogP contribution in [0.25, 0.3) is 0 Å². The van der Waals surface area contributed by atoms with E-state index in [2.05, 4.69) is 67.3 Å². The summed E-state index contributed by atoms with van der Waals surface area (Å²) in [5.41, 5.74) is 2.50. The average molecular weight is 420 g/mol. The molecule has 31 heavy (non-hydrogen) atoms. The second-order valence-corrected chi connectivity index (χ2v) is 8.89.